The standard InChI is InChI=1S/C13H21N3O4S2.ClH/c1-10(8-14)13(17)15-9-11-2-3-12(21-11)22(18,19)16-4-6-20-7-5-16;/h2-3,10H,4-9,14H2,1H3,(H,15,17);1H. The summed E-state index contributed by atoms with van der Waals surface area (Å²) < 4.78 is 31.8. The molecule has 1 aliphatic heterocycles. The molecule has 0 aliphatic carbocycles. The second-order valence-corrected chi connectivity index (χ2v) is 8.42. The zero-order chi connectivity index (χ0) is 16.2. The average Bonchev–Trinajstić information content (AvgIpc) is 3.02. The van der Waals surface area contributed by atoms with Crippen molar-refractivity contribution in [3.05, 3.63) is 17.0 Å². The maximum atomic E-state index is 12.5. The van der Waals surface area contributed by atoms with Gasteiger partial charge in [0, 0.05) is 30.4 Å². The monoisotopic (exact) mass is 383 g/mol. The van der Waals surface area contributed by atoms with Gasteiger partial charge in [-0.25, -0.2) is 8.42 Å². The third-order valence-electron chi connectivity index (χ3n) is 3.44. The molecule has 1 unspecified atom stereocenters. The molecule has 1 fully saturated rings. The highest BCUT2D eigenvalue weighted by atomic mass is 35.5. The fourth-order valence-corrected chi connectivity index (χ4v) is 4.82. The molecule has 1 aromatic heterocycles. The topological polar surface area (TPSA) is 102 Å². The number of rotatable bonds is 6. The minimum Gasteiger partial charge on any atom is -0.379 e. The number of nitrogens with two attached hydrogens (primary N) is 1. The van der Waals surface area contributed by atoms with Gasteiger partial charge in [-0.05, 0) is 12.1 Å². The van der Waals surface area contributed by atoms with Crippen molar-refractivity contribution in [1.82, 2.24) is 9.62 Å². The van der Waals surface area contributed by atoms with Gasteiger partial charge in [-0.15, -0.1) is 23.7 Å². The van der Waals surface area contributed by atoms with Gasteiger partial charge in [0.15, 0.2) is 0 Å². The molecule has 132 valence electrons. The second-order valence-electron chi connectivity index (χ2n) is 5.09. The molecule has 2 rings (SSSR count). The number of carbonyl (C=O) groups is 1. The number of thiophene rings is 1. The van der Waals surface area contributed by atoms with Crippen LogP contribution >= 0.6 is 23.7 Å². The molecule has 0 radical (unpaired) electrons. The smallest absolute Gasteiger partial charge is 0.252 e. The molecule has 3 N–H and O–H groups in total. The molecule has 0 spiro atoms. The highest BCUT2D eigenvalue weighted by Crippen LogP contribution is 2.25. The lowest BCUT2D eigenvalue weighted by Crippen LogP contribution is -2.40. The van der Waals surface area contributed by atoms with Crippen molar-refractivity contribution in [2.75, 3.05) is 32.8 Å². The first kappa shape index (κ1) is 20.3. The molecule has 0 saturated carbocycles. The third kappa shape index (κ3) is 5.13. The van der Waals surface area contributed by atoms with Crippen molar-refractivity contribution < 1.29 is 17.9 Å². The van der Waals surface area contributed by atoms with Gasteiger partial charge >= 0.3 is 0 Å². The molecule has 7 nitrogen and oxygen atoms in total. The number of hydrogen-bond acceptors (Lipinski definition) is 6. The molecule has 23 heavy (non-hydrogen) atoms. The number of nitrogens with zero attached hydrogens (tertiary/aromatic N) is 1. The van der Waals surface area contributed by atoms with E-state index in [9.17, 15) is 13.2 Å². The van der Waals surface area contributed by atoms with Gasteiger partial charge in [-0.2, -0.15) is 4.31 Å². The van der Waals surface area contributed by atoms with Crippen LogP contribution in [0.15, 0.2) is 16.3 Å². The number of sulfonamides is 1. The summed E-state index contributed by atoms with van der Waals surface area (Å²) in [4.78, 5) is 12.5. The van der Waals surface area contributed by atoms with Crippen LogP contribution in [-0.2, 0) is 26.1 Å². The first-order valence-electron chi connectivity index (χ1n) is 7.09. The molecule has 0 bridgehead atoms. The van der Waals surface area contributed by atoms with Gasteiger partial charge in [-0.1, -0.05) is 6.92 Å². The minimum absolute atomic E-state index is 0. The van der Waals surface area contributed by atoms with Crippen LogP contribution < -0.4 is 11.1 Å². The second kappa shape index (κ2) is 8.95. The van der Waals surface area contributed by atoms with Crippen LogP contribution in [-0.4, -0.2) is 51.5 Å². The van der Waals surface area contributed by atoms with E-state index in [2.05, 4.69) is 5.32 Å². The quantitative estimate of drug-likeness (QED) is 0.740. The summed E-state index contributed by atoms with van der Waals surface area (Å²) in [6, 6.07) is 3.31. The normalized spacial score (nSPS) is 17.3. The van der Waals surface area contributed by atoms with E-state index in [0.29, 0.717) is 37.1 Å². The number of carbonyl (C=O) groups excluding carboxylic acids is 1. The molecule has 10 heteroatoms. The van der Waals surface area contributed by atoms with E-state index in [1.54, 1.807) is 19.1 Å². The van der Waals surface area contributed by atoms with Gasteiger partial charge < -0.3 is 15.8 Å². The lowest BCUT2D eigenvalue weighted by atomic mass is 10.2. The predicted molar refractivity (Wildman–Crippen MR) is 91.2 cm³/mol. The average molecular weight is 384 g/mol. The van der Waals surface area contributed by atoms with Crippen LogP contribution in [0.3, 0.4) is 0 Å². The molecular formula is C13H22ClN3O4S2. The Bertz CT molecular complexity index is 614. The molecular weight excluding hydrogens is 362 g/mol. The number of nitrogens with one attached hydrogen (secondary N) is 1. The van der Waals surface area contributed by atoms with Crippen LogP contribution in [0.2, 0.25) is 0 Å². The fourth-order valence-electron chi connectivity index (χ4n) is 1.96. The summed E-state index contributed by atoms with van der Waals surface area (Å²) >= 11 is 1.18. The van der Waals surface area contributed by atoms with Crippen LogP contribution in [0.25, 0.3) is 0 Å². The summed E-state index contributed by atoms with van der Waals surface area (Å²) in [5.41, 5.74) is 5.43. The van der Waals surface area contributed by atoms with Gasteiger partial charge in [0.05, 0.1) is 19.8 Å². The predicted octanol–water partition coefficient (Wildman–Crippen LogP) is 0.402. The molecule has 1 amide bonds. The van der Waals surface area contributed by atoms with E-state index < -0.39 is 10.0 Å². The largest absolute Gasteiger partial charge is 0.379 e. The Morgan fingerprint density at radius 1 is 1.43 bits per heavy atom. The van der Waals surface area contributed by atoms with E-state index >= 15 is 0 Å². The van der Waals surface area contributed by atoms with Crippen molar-refractivity contribution >= 4 is 39.7 Å². The first-order chi connectivity index (χ1) is 10.4. The molecule has 1 saturated heterocycles. The van der Waals surface area contributed by atoms with Crippen LogP contribution in [0, 0.1) is 5.92 Å². The summed E-state index contributed by atoms with van der Waals surface area (Å²) in [5.74, 6) is -0.384. The summed E-state index contributed by atoms with van der Waals surface area (Å²) in [7, 11) is -3.46. The Kier molecular flexibility index (Phi) is 7.91. The molecule has 1 aliphatic rings. The zero-order valence-corrected chi connectivity index (χ0v) is 15.3. The fraction of sp³-hybridized carbons (Fsp3) is 0.615. The van der Waals surface area contributed by atoms with E-state index in [4.69, 9.17) is 10.5 Å². The van der Waals surface area contributed by atoms with Crippen molar-refractivity contribution in [2.45, 2.75) is 17.7 Å². The van der Waals surface area contributed by atoms with Crippen molar-refractivity contribution in [1.29, 1.82) is 0 Å². The maximum Gasteiger partial charge on any atom is 0.252 e. The summed E-state index contributed by atoms with van der Waals surface area (Å²) in [6.45, 7) is 3.94. The Balaban J connectivity index is 0.00000264. The van der Waals surface area contributed by atoms with Gasteiger partial charge in [0.1, 0.15) is 4.21 Å². The van der Waals surface area contributed by atoms with E-state index in [1.807, 2.05) is 0 Å². The van der Waals surface area contributed by atoms with Crippen molar-refractivity contribution in [3.8, 4) is 0 Å². The first-order valence-corrected chi connectivity index (χ1v) is 9.35. The molecule has 1 aromatic rings. The molecule has 2 heterocycles. The third-order valence-corrected chi connectivity index (χ3v) is 6.89. The number of morpholine rings is 1. The summed E-state index contributed by atoms with van der Waals surface area (Å²) in [6.07, 6.45) is 0. The number of hydrogen-bond donors (Lipinski definition) is 2. The highest BCUT2D eigenvalue weighted by Gasteiger charge is 2.27. The number of halogens is 1. The zero-order valence-electron chi connectivity index (χ0n) is 12.9. The lowest BCUT2D eigenvalue weighted by Gasteiger charge is -2.25. The minimum atomic E-state index is -3.46. The SMILES string of the molecule is CC(CN)C(=O)NCc1ccc(S(=O)(=O)N2CCOCC2)s1.Cl. The van der Waals surface area contributed by atoms with E-state index in [1.165, 1.54) is 15.6 Å². The highest BCUT2D eigenvalue weighted by molar-refractivity contribution is 7.91. The Labute approximate surface area is 146 Å². The Hall–Kier alpha value is -0.710. The van der Waals surface area contributed by atoms with Crippen molar-refractivity contribution in [2.24, 2.45) is 11.7 Å². The lowest BCUT2D eigenvalue weighted by molar-refractivity contribution is -0.124. The van der Waals surface area contributed by atoms with Crippen LogP contribution in [0.5, 0.6) is 0 Å². The number of ether oxygens (including phenoxy) is 1. The van der Waals surface area contributed by atoms with Crippen molar-refractivity contribution in [3.63, 3.8) is 0 Å². The van der Waals surface area contributed by atoms with Crippen LogP contribution in [0.1, 0.15) is 11.8 Å². The van der Waals surface area contributed by atoms with Gasteiger partial charge in [-0.3, -0.25) is 4.79 Å². The Morgan fingerprint density at radius 3 is 2.70 bits per heavy atom. The Morgan fingerprint density at radius 2 is 2.09 bits per heavy atom. The van der Waals surface area contributed by atoms with E-state index in [-0.39, 0.29) is 30.8 Å². The maximum absolute atomic E-state index is 12.5. The van der Waals surface area contributed by atoms with Crippen LogP contribution in [0.4, 0.5) is 0 Å². The van der Waals surface area contributed by atoms with Gasteiger partial charge in [0.2, 0.25) is 5.91 Å². The van der Waals surface area contributed by atoms with Gasteiger partial charge in [0.25, 0.3) is 10.0 Å². The van der Waals surface area contributed by atoms with E-state index in [0.717, 1.165) is 4.88 Å². The number of amides is 1. The molecule has 0 aromatic carbocycles. The molecule has 1 atom stereocenters. The summed E-state index contributed by atoms with van der Waals surface area (Å²) in [5, 5.41) is 2.76.